The summed E-state index contributed by atoms with van der Waals surface area (Å²) < 4.78 is 11.5. The highest BCUT2D eigenvalue weighted by atomic mass is 79.9. The molecule has 1 unspecified atom stereocenters. The SMILES string of the molecule is COc1cc(Br)cc(CC(C(=O)O)c2cccs2)c1OC. The molecule has 0 fully saturated rings. The average molecular weight is 371 g/mol. The van der Waals surface area contributed by atoms with E-state index in [-0.39, 0.29) is 0 Å². The molecule has 4 nitrogen and oxygen atoms in total. The Kier molecular flexibility index (Phi) is 5.25. The first-order valence-corrected chi connectivity index (χ1v) is 7.90. The highest BCUT2D eigenvalue weighted by Gasteiger charge is 2.24. The maximum absolute atomic E-state index is 11.6. The minimum atomic E-state index is -0.849. The molecule has 6 heteroatoms. The van der Waals surface area contributed by atoms with E-state index in [1.807, 2.05) is 23.6 Å². The maximum atomic E-state index is 11.6. The van der Waals surface area contributed by atoms with Crippen molar-refractivity contribution < 1.29 is 19.4 Å². The van der Waals surface area contributed by atoms with Crippen LogP contribution >= 0.6 is 27.3 Å². The third kappa shape index (κ3) is 3.57. The molecule has 1 heterocycles. The number of ether oxygens (including phenoxy) is 2. The number of carboxylic acids is 1. The highest BCUT2D eigenvalue weighted by Crippen LogP contribution is 2.37. The van der Waals surface area contributed by atoms with Crippen molar-refractivity contribution in [3.63, 3.8) is 0 Å². The molecule has 1 aromatic carbocycles. The van der Waals surface area contributed by atoms with Gasteiger partial charge in [0.2, 0.25) is 0 Å². The second-order valence-electron chi connectivity index (χ2n) is 4.41. The Hall–Kier alpha value is -1.53. The van der Waals surface area contributed by atoms with Crippen LogP contribution < -0.4 is 9.47 Å². The summed E-state index contributed by atoms with van der Waals surface area (Å²) in [5.74, 6) is -0.294. The van der Waals surface area contributed by atoms with E-state index in [9.17, 15) is 9.90 Å². The quantitative estimate of drug-likeness (QED) is 0.836. The fourth-order valence-corrected chi connectivity index (χ4v) is 3.48. The molecule has 112 valence electrons. The number of aliphatic carboxylic acids is 1. The molecule has 0 saturated heterocycles. The van der Waals surface area contributed by atoms with Crippen molar-refractivity contribution in [2.24, 2.45) is 0 Å². The molecular formula is C15H15BrO4S. The number of thiophene rings is 1. The fourth-order valence-electron chi connectivity index (χ4n) is 2.18. The second kappa shape index (κ2) is 6.95. The van der Waals surface area contributed by atoms with Gasteiger partial charge in [-0.15, -0.1) is 11.3 Å². The number of hydrogen-bond donors (Lipinski definition) is 1. The standard InChI is InChI=1S/C15H15BrO4S/c1-19-12-8-10(16)6-9(14(12)20-2)7-11(15(17)18)13-4-3-5-21-13/h3-6,8,11H,7H2,1-2H3,(H,17,18). The molecule has 0 aliphatic heterocycles. The van der Waals surface area contributed by atoms with Crippen molar-refractivity contribution >= 4 is 33.2 Å². The third-order valence-corrected chi connectivity index (χ3v) is 4.57. The van der Waals surface area contributed by atoms with E-state index in [2.05, 4.69) is 15.9 Å². The number of benzene rings is 1. The van der Waals surface area contributed by atoms with Crippen LogP contribution in [0.15, 0.2) is 34.1 Å². The predicted octanol–water partition coefficient (Wildman–Crippen LogP) is 3.94. The van der Waals surface area contributed by atoms with Gasteiger partial charge < -0.3 is 14.6 Å². The van der Waals surface area contributed by atoms with Crippen molar-refractivity contribution in [2.75, 3.05) is 14.2 Å². The number of methoxy groups -OCH3 is 2. The summed E-state index contributed by atoms with van der Waals surface area (Å²) in [6, 6.07) is 7.36. The Bertz CT molecular complexity index is 625. The van der Waals surface area contributed by atoms with Crippen molar-refractivity contribution in [1.29, 1.82) is 0 Å². The van der Waals surface area contributed by atoms with Crippen LogP contribution in [0.4, 0.5) is 0 Å². The number of carbonyl (C=O) groups is 1. The second-order valence-corrected chi connectivity index (χ2v) is 6.31. The van der Waals surface area contributed by atoms with Gasteiger partial charge in [-0.2, -0.15) is 0 Å². The van der Waals surface area contributed by atoms with Gasteiger partial charge in [-0.1, -0.05) is 22.0 Å². The van der Waals surface area contributed by atoms with E-state index in [1.54, 1.807) is 20.3 Å². The lowest BCUT2D eigenvalue weighted by molar-refractivity contribution is -0.138. The van der Waals surface area contributed by atoms with E-state index in [4.69, 9.17) is 9.47 Å². The van der Waals surface area contributed by atoms with E-state index in [0.29, 0.717) is 17.9 Å². The van der Waals surface area contributed by atoms with Crippen molar-refractivity contribution in [3.05, 3.63) is 44.6 Å². The van der Waals surface area contributed by atoms with Crippen LogP contribution in [0.5, 0.6) is 11.5 Å². The minimum Gasteiger partial charge on any atom is -0.493 e. The van der Waals surface area contributed by atoms with Gasteiger partial charge >= 0.3 is 5.97 Å². The lowest BCUT2D eigenvalue weighted by atomic mass is 9.97. The molecule has 0 amide bonds. The van der Waals surface area contributed by atoms with Gasteiger partial charge in [-0.05, 0) is 30.0 Å². The summed E-state index contributed by atoms with van der Waals surface area (Å²) in [6.07, 6.45) is 0.342. The molecular weight excluding hydrogens is 356 g/mol. The molecule has 0 aliphatic carbocycles. The normalized spacial score (nSPS) is 12.0. The van der Waals surface area contributed by atoms with Gasteiger partial charge in [0.25, 0.3) is 0 Å². The summed E-state index contributed by atoms with van der Waals surface area (Å²) in [7, 11) is 3.11. The molecule has 0 saturated carbocycles. The zero-order chi connectivity index (χ0) is 15.4. The van der Waals surface area contributed by atoms with Gasteiger partial charge in [0, 0.05) is 14.9 Å². The Labute approximate surface area is 135 Å². The Balaban J connectivity index is 2.41. The van der Waals surface area contributed by atoms with Crippen molar-refractivity contribution in [2.45, 2.75) is 12.3 Å². The molecule has 2 rings (SSSR count). The molecule has 0 radical (unpaired) electrons. The fraction of sp³-hybridized carbons (Fsp3) is 0.267. The Morgan fingerprint density at radius 1 is 1.38 bits per heavy atom. The van der Waals surface area contributed by atoms with E-state index in [0.717, 1.165) is 14.9 Å². The van der Waals surface area contributed by atoms with Crippen LogP contribution in [0.1, 0.15) is 16.4 Å². The van der Waals surface area contributed by atoms with Gasteiger partial charge in [0.1, 0.15) is 0 Å². The average Bonchev–Trinajstić information content (AvgIpc) is 2.97. The third-order valence-electron chi connectivity index (χ3n) is 3.13. The smallest absolute Gasteiger partial charge is 0.312 e. The molecule has 1 atom stereocenters. The Morgan fingerprint density at radius 2 is 2.14 bits per heavy atom. The van der Waals surface area contributed by atoms with Gasteiger partial charge in [0.05, 0.1) is 20.1 Å². The molecule has 0 aliphatic rings. The lowest BCUT2D eigenvalue weighted by Gasteiger charge is -2.16. The number of halogens is 1. The van der Waals surface area contributed by atoms with Crippen LogP contribution in [0.3, 0.4) is 0 Å². The predicted molar refractivity (Wildman–Crippen MR) is 85.6 cm³/mol. The van der Waals surface area contributed by atoms with Gasteiger partial charge in [-0.3, -0.25) is 4.79 Å². The van der Waals surface area contributed by atoms with Crippen LogP contribution in [0.25, 0.3) is 0 Å². The van der Waals surface area contributed by atoms with E-state index in [1.165, 1.54) is 11.3 Å². The number of carboxylic acid groups (broad SMARTS) is 1. The van der Waals surface area contributed by atoms with Crippen LogP contribution in [0.2, 0.25) is 0 Å². The zero-order valence-electron chi connectivity index (χ0n) is 11.6. The van der Waals surface area contributed by atoms with Crippen LogP contribution in [-0.2, 0) is 11.2 Å². The summed E-state index contributed by atoms with van der Waals surface area (Å²) in [5, 5.41) is 11.4. The summed E-state index contributed by atoms with van der Waals surface area (Å²) in [4.78, 5) is 12.4. The van der Waals surface area contributed by atoms with E-state index >= 15 is 0 Å². The monoisotopic (exact) mass is 370 g/mol. The molecule has 0 spiro atoms. The molecule has 1 N–H and O–H groups in total. The van der Waals surface area contributed by atoms with Crippen LogP contribution in [0, 0.1) is 0 Å². The topological polar surface area (TPSA) is 55.8 Å². The van der Waals surface area contributed by atoms with Gasteiger partial charge in [0.15, 0.2) is 11.5 Å². The number of hydrogen-bond acceptors (Lipinski definition) is 4. The molecule has 2 aromatic rings. The van der Waals surface area contributed by atoms with E-state index < -0.39 is 11.9 Å². The summed E-state index contributed by atoms with van der Waals surface area (Å²) in [5.41, 5.74) is 0.796. The molecule has 1 aromatic heterocycles. The first-order valence-electron chi connectivity index (χ1n) is 6.23. The molecule has 0 bridgehead atoms. The zero-order valence-corrected chi connectivity index (χ0v) is 14.0. The van der Waals surface area contributed by atoms with Crippen molar-refractivity contribution in [3.8, 4) is 11.5 Å². The van der Waals surface area contributed by atoms with Gasteiger partial charge in [-0.25, -0.2) is 0 Å². The van der Waals surface area contributed by atoms with Crippen LogP contribution in [-0.4, -0.2) is 25.3 Å². The first-order chi connectivity index (χ1) is 10.1. The molecule has 21 heavy (non-hydrogen) atoms. The Morgan fingerprint density at radius 3 is 2.67 bits per heavy atom. The summed E-state index contributed by atoms with van der Waals surface area (Å²) >= 11 is 4.85. The first kappa shape index (κ1) is 15.9. The highest BCUT2D eigenvalue weighted by molar-refractivity contribution is 9.10. The number of rotatable bonds is 6. The van der Waals surface area contributed by atoms with Crippen molar-refractivity contribution in [1.82, 2.24) is 0 Å². The lowest BCUT2D eigenvalue weighted by Crippen LogP contribution is -2.14. The maximum Gasteiger partial charge on any atom is 0.312 e. The largest absolute Gasteiger partial charge is 0.493 e. The summed E-state index contributed by atoms with van der Waals surface area (Å²) in [6.45, 7) is 0. The minimum absolute atomic E-state index is 0.342.